The molecule has 1 rings (SSSR count). The number of aliphatic hydroxyl groups excluding tert-OH is 1. The Morgan fingerprint density at radius 2 is 2.10 bits per heavy atom. The molecule has 0 radical (unpaired) electrons. The molecule has 1 aromatic carbocycles. The lowest BCUT2D eigenvalue weighted by Gasteiger charge is -2.12. The highest BCUT2D eigenvalue weighted by Gasteiger charge is 2.17. The molecular formula is C13H21BrN2O3S. The summed E-state index contributed by atoms with van der Waals surface area (Å²) in [6.07, 6.45) is 1.46. The van der Waals surface area contributed by atoms with E-state index in [2.05, 4.69) is 20.7 Å². The summed E-state index contributed by atoms with van der Waals surface area (Å²) < 4.78 is 27.6. The van der Waals surface area contributed by atoms with Crippen LogP contribution in [-0.4, -0.2) is 26.7 Å². The van der Waals surface area contributed by atoms with E-state index < -0.39 is 10.0 Å². The standard InChI is InChI=1S/C13H21BrN2O3S/c1-9(8-17)4-3-5-16-20(18,19)13-7-12(15)11(14)6-10(13)2/h6-7,9,16-17H,3-5,8,15H2,1-2H3. The molecule has 114 valence electrons. The molecule has 0 saturated heterocycles. The average molecular weight is 365 g/mol. The number of anilines is 1. The Hall–Kier alpha value is -0.630. The van der Waals surface area contributed by atoms with Crippen molar-refractivity contribution in [1.29, 1.82) is 0 Å². The van der Waals surface area contributed by atoms with Crippen LogP contribution in [0.2, 0.25) is 0 Å². The largest absolute Gasteiger partial charge is 0.398 e. The first-order valence-corrected chi connectivity index (χ1v) is 8.71. The smallest absolute Gasteiger partial charge is 0.240 e. The summed E-state index contributed by atoms with van der Waals surface area (Å²) in [6, 6.07) is 3.15. The second-order valence-corrected chi connectivity index (χ2v) is 7.56. The molecule has 0 aliphatic heterocycles. The third-order valence-corrected chi connectivity index (χ3v) is 5.35. The van der Waals surface area contributed by atoms with Gasteiger partial charge >= 0.3 is 0 Å². The number of aryl methyl sites for hydroxylation is 1. The average Bonchev–Trinajstić information content (AvgIpc) is 2.38. The summed E-state index contributed by atoms with van der Waals surface area (Å²) in [5, 5.41) is 8.91. The van der Waals surface area contributed by atoms with Crippen LogP contribution in [0.25, 0.3) is 0 Å². The highest BCUT2D eigenvalue weighted by atomic mass is 79.9. The van der Waals surface area contributed by atoms with Crippen LogP contribution in [0.1, 0.15) is 25.3 Å². The van der Waals surface area contributed by atoms with Gasteiger partial charge in [-0.3, -0.25) is 0 Å². The van der Waals surface area contributed by atoms with Gasteiger partial charge in [0.1, 0.15) is 0 Å². The highest BCUT2D eigenvalue weighted by molar-refractivity contribution is 9.10. The van der Waals surface area contributed by atoms with Crippen molar-refractivity contribution in [3.05, 3.63) is 22.2 Å². The van der Waals surface area contributed by atoms with E-state index in [1.54, 1.807) is 13.0 Å². The molecule has 0 amide bonds. The van der Waals surface area contributed by atoms with Crippen molar-refractivity contribution in [3.63, 3.8) is 0 Å². The van der Waals surface area contributed by atoms with E-state index in [4.69, 9.17) is 10.8 Å². The van der Waals surface area contributed by atoms with Crippen LogP contribution >= 0.6 is 15.9 Å². The number of hydrogen-bond donors (Lipinski definition) is 3. The number of halogens is 1. The molecule has 0 aliphatic rings. The van der Waals surface area contributed by atoms with Crippen LogP contribution in [-0.2, 0) is 10.0 Å². The number of benzene rings is 1. The third kappa shape index (κ3) is 4.73. The van der Waals surface area contributed by atoms with Crippen molar-refractivity contribution in [2.24, 2.45) is 5.92 Å². The predicted octanol–water partition coefficient (Wildman–Crippen LogP) is 2.03. The molecule has 0 saturated carbocycles. The lowest BCUT2D eigenvalue weighted by molar-refractivity contribution is 0.228. The molecule has 1 aromatic rings. The van der Waals surface area contributed by atoms with Gasteiger partial charge in [0.2, 0.25) is 10.0 Å². The summed E-state index contributed by atoms with van der Waals surface area (Å²) in [4.78, 5) is 0.202. The fraction of sp³-hybridized carbons (Fsp3) is 0.538. The van der Waals surface area contributed by atoms with Gasteiger partial charge in [-0.1, -0.05) is 6.92 Å². The first-order chi connectivity index (χ1) is 9.27. The van der Waals surface area contributed by atoms with Crippen molar-refractivity contribution in [2.75, 3.05) is 18.9 Å². The van der Waals surface area contributed by atoms with Crippen LogP contribution < -0.4 is 10.5 Å². The maximum Gasteiger partial charge on any atom is 0.240 e. The van der Waals surface area contributed by atoms with Gasteiger partial charge in [-0.05, 0) is 59.3 Å². The zero-order valence-electron chi connectivity index (χ0n) is 11.7. The number of nitrogen functional groups attached to an aromatic ring is 1. The Morgan fingerprint density at radius 1 is 1.45 bits per heavy atom. The molecule has 1 atom stereocenters. The molecule has 0 spiro atoms. The second kappa shape index (κ2) is 7.40. The van der Waals surface area contributed by atoms with Crippen LogP contribution in [0.4, 0.5) is 5.69 Å². The van der Waals surface area contributed by atoms with Crippen LogP contribution in [0.15, 0.2) is 21.5 Å². The molecule has 0 heterocycles. The van der Waals surface area contributed by atoms with Gasteiger partial charge in [0.25, 0.3) is 0 Å². The van der Waals surface area contributed by atoms with Gasteiger partial charge in [-0.15, -0.1) is 0 Å². The molecule has 0 aromatic heterocycles. The topological polar surface area (TPSA) is 92.4 Å². The minimum Gasteiger partial charge on any atom is -0.398 e. The summed E-state index contributed by atoms with van der Waals surface area (Å²) in [6.45, 7) is 4.12. The van der Waals surface area contributed by atoms with Gasteiger partial charge in [-0.25, -0.2) is 13.1 Å². The normalized spacial score (nSPS) is 13.4. The quantitative estimate of drug-likeness (QED) is 0.509. The number of nitrogens with one attached hydrogen (secondary N) is 1. The summed E-state index contributed by atoms with van der Waals surface area (Å²) in [7, 11) is -3.55. The van der Waals surface area contributed by atoms with Crippen molar-refractivity contribution >= 4 is 31.6 Å². The van der Waals surface area contributed by atoms with Gasteiger partial charge in [0.05, 0.1) is 4.90 Å². The Labute approximate surface area is 128 Å². The van der Waals surface area contributed by atoms with Gasteiger partial charge in [0, 0.05) is 23.3 Å². The zero-order valence-corrected chi connectivity index (χ0v) is 14.1. The second-order valence-electron chi connectivity index (χ2n) is 4.97. The molecule has 0 fully saturated rings. The molecule has 5 nitrogen and oxygen atoms in total. The van der Waals surface area contributed by atoms with Crippen molar-refractivity contribution < 1.29 is 13.5 Å². The maximum atomic E-state index is 12.2. The van der Waals surface area contributed by atoms with E-state index in [0.29, 0.717) is 28.7 Å². The van der Waals surface area contributed by atoms with E-state index in [9.17, 15) is 8.42 Å². The van der Waals surface area contributed by atoms with E-state index in [1.807, 2.05) is 6.92 Å². The van der Waals surface area contributed by atoms with Gasteiger partial charge in [-0.2, -0.15) is 0 Å². The predicted molar refractivity (Wildman–Crippen MR) is 84.0 cm³/mol. The minimum absolute atomic E-state index is 0.120. The Bertz CT molecular complexity index is 561. The Morgan fingerprint density at radius 3 is 2.70 bits per heavy atom. The number of rotatable bonds is 7. The zero-order chi connectivity index (χ0) is 15.3. The monoisotopic (exact) mass is 364 g/mol. The SMILES string of the molecule is Cc1cc(Br)c(N)cc1S(=O)(=O)NCCCC(C)CO. The van der Waals surface area contributed by atoms with Crippen LogP contribution in [0, 0.1) is 12.8 Å². The van der Waals surface area contributed by atoms with Crippen LogP contribution in [0.5, 0.6) is 0 Å². The number of aliphatic hydroxyl groups is 1. The Kier molecular flexibility index (Phi) is 6.44. The fourth-order valence-electron chi connectivity index (χ4n) is 1.78. The van der Waals surface area contributed by atoms with Crippen molar-refractivity contribution in [1.82, 2.24) is 4.72 Å². The van der Waals surface area contributed by atoms with E-state index in [-0.39, 0.29) is 17.4 Å². The third-order valence-electron chi connectivity index (χ3n) is 3.06. The highest BCUT2D eigenvalue weighted by Crippen LogP contribution is 2.26. The first kappa shape index (κ1) is 17.4. The first-order valence-electron chi connectivity index (χ1n) is 6.44. The molecule has 0 bridgehead atoms. The lowest BCUT2D eigenvalue weighted by atomic mass is 10.1. The number of sulfonamides is 1. The van der Waals surface area contributed by atoms with Crippen molar-refractivity contribution in [2.45, 2.75) is 31.6 Å². The fourth-order valence-corrected chi connectivity index (χ4v) is 3.58. The minimum atomic E-state index is -3.55. The van der Waals surface area contributed by atoms with Crippen LogP contribution in [0.3, 0.4) is 0 Å². The number of nitrogens with two attached hydrogens (primary N) is 1. The van der Waals surface area contributed by atoms with E-state index in [1.165, 1.54) is 6.07 Å². The summed E-state index contributed by atoms with van der Waals surface area (Å²) >= 11 is 3.27. The molecule has 1 unspecified atom stereocenters. The molecule has 7 heteroatoms. The van der Waals surface area contributed by atoms with Crippen molar-refractivity contribution in [3.8, 4) is 0 Å². The van der Waals surface area contributed by atoms with Gasteiger partial charge < -0.3 is 10.8 Å². The molecule has 20 heavy (non-hydrogen) atoms. The molecular weight excluding hydrogens is 344 g/mol. The summed E-state index contributed by atoms with van der Waals surface area (Å²) in [5.41, 5.74) is 6.77. The van der Waals surface area contributed by atoms with E-state index >= 15 is 0 Å². The number of hydrogen-bond acceptors (Lipinski definition) is 4. The lowest BCUT2D eigenvalue weighted by Crippen LogP contribution is -2.26. The van der Waals surface area contributed by atoms with E-state index in [0.717, 1.165) is 6.42 Å². The maximum absolute atomic E-state index is 12.2. The molecule has 0 aliphatic carbocycles. The molecule has 4 N–H and O–H groups in total. The summed E-state index contributed by atoms with van der Waals surface area (Å²) in [5.74, 6) is 0.185. The van der Waals surface area contributed by atoms with Gasteiger partial charge in [0.15, 0.2) is 0 Å². The Balaban J connectivity index is 2.72.